The lowest BCUT2D eigenvalue weighted by atomic mass is 10.1. The highest BCUT2D eigenvalue weighted by Crippen LogP contribution is 2.40. The van der Waals surface area contributed by atoms with E-state index in [1.807, 2.05) is 24.3 Å². The van der Waals surface area contributed by atoms with Gasteiger partial charge in [-0.3, -0.25) is 0 Å². The first kappa shape index (κ1) is 12.2. The third-order valence-electron chi connectivity index (χ3n) is 3.30. The zero-order valence-electron chi connectivity index (χ0n) is 11.1. The fourth-order valence-corrected chi connectivity index (χ4v) is 2.80. The summed E-state index contributed by atoms with van der Waals surface area (Å²) in [6, 6.07) is 7.79. The minimum Gasteiger partial charge on any atom is -0.232 e. The molecule has 1 aliphatic rings. The van der Waals surface area contributed by atoms with Gasteiger partial charge in [0.1, 0.15) is 0 Å². The van der Waals surface area contributed by atoms with Crippen molar-refractivity contribution in [2.75, 3.05) is 0 Å². The van der Waals surface area contributed by atoms with E-state index in [0.717, 1.165) is 16.1 Å². The Morgan fingerprint density at radius 3 is 3.00 bits per heavy atom. The fourth-order valence-electron chi connectivity index (χ4n) is 2.06. The molecule has 2 heterocycles. The summed E-state index contributed by atoms with van der Waals surface area (Å²) in [5, 5.41) is 17.0. The molecule has 6 heteroatoms. The van der Waals surface area contributed by atoms with Crippen molar-refractivity contribution in [3.05, 3.63) is 45.9 Å². The van der Waals surface area contributed by atoms with Crippen LogP contribution in [0.1, 0.15) is 35.0 Å². The highest BCUT2D eigenvalue weighted by Gasteiger charge is 2.25. The maximum Gasteiger partial charge on any atom is 0.204 e. The number of aromatic amines is 1. The average Bonchev–Trinajstić information content (AvgIpc) is 3.05. The van der Waals surface area contributed by atoms with Crippen molar-refractivity contribution in [1.82, 2.24) is 25.6 Å². The number of rotatable bonds is 2. The molecule has 5 nitrogen and oxygen atoms in total. The quantitative estimate of drug-likeness (QED) is 0.737. The molecule has 0 unspecified atom stereocenters. The van der Waals surface area contributed by atoms with Crippen LogP contribution in [0.4, 0.5) is 0 Å². The second-order valence-electron chi connectivity index (χ2n) is 4.92. The lowest BCUT2D eigenvalue weighted by Crippen LogP contribution is -1.83. The van der Waals surface area contributed by atoms with Crippen LogP contribution in [0.3, 0.4) is 0 Å². The maximum atomic E-state index is 4.56. The zero-order chi connectivity index (χ0) is 14.1. The van der Waals surface area contributed by atoms with Gasteiger partial charge in [-0.05, 0) is 36.1 Å². The van der Waals surface area contributed by atoms with Crippen LogP contribution in [-0.4, -0.2) is 25.6 Å². The van der Waals surface area contributed by atoms with Gasteiger partial charge in [0.05, 0.1) is 5.69 Å². The van der Waals surface area contributed by atoms with Crippen molar-refractivity contribution in [3.8, 4) is 23.2 Å². The number of aromatic nitrogens is 5. The third kappa shape index (κ3) is 2.69. The first-order valence-corrected chi connectivity index (χ1v) is 7.58. The summed E-state index contributed by atoms with van der Waals surface area (Å²) < 4.78 is 0. The zero-order valence-corrected chi connectivity index (χ0v) is 11.9. The van der Waals surface area contributed by atoms with E-state index in [1.165, 1.54) is 18.5 Å². The van der Waals surface area contributed by atoms with E-state index in [1.54, 1.807) is 11.3 Å². The molecule has 0 radical (unpaired) electrons. The molecule has 3 aromatic rings. The number of H-pyrrole nitrogens is 1. The molecule has 1 aliphatic carbocycles. The van der Waals surface area contributed by atoms with Crippen LogP contribution in [0.25, 0.3) is 11.4 Å². The number of tetrazole rings is 1. The summed E-state index contributed by atoms with van der Waals surface area (Å²) in [5.41, 5.74) is 3.01. The molecular formula is C15H11N5S. The Morgan fingerprint density at radius 1 is 1.24 bits per heavy atom. The lowest BCUT2D eigenvalue weighted by Gasteiger charge is -1.94. The Morgan fingerprint density at radius 2 is 2.19 bits per heavy atom. The van der Waals surface area contributed by atoms with Gasteiger partial charge >= 0.3 is 0 Å². The van der Waals surface area contributed by atoms with Gasteiger partial charge < -0.3 is 0 Å². The molecule has 0 saturated heterocycles. The van der Waals surface area contributed by atoms with E-state index in [9.17, 15) is 0 Å². The summed E-state index contributed by atoms with van der Waals surface area (Å²) in [5.74, 6) is 7.53. The topological polar surface area (TPSA) is 67.3 Å². The lowest BCUT2D eigenvalue weighted by molar-refractivity contribution is 0.881. The number of hydrogen-bond donors (Lipinski definition) is 1. The molecule has 21 heavy (non-hydrogen) atoms. The second kappa shape index (κ2) is 5.11. The van der Waals surface area contributed by atoms with E-state index < -0.39 is 0 Å². The van der Waals surface area contributed by atoms with Gasteiger partial charge in [0.15, 0.2) is 5.01 Å². The van der Waals surface area contributed by atoms with Gasteiger partial charge in [-0.15, -0.1) is 21.5 Å². The van der Waals surface area contributed by atoms with Crippen LogP contribution in [0.2, 0.25) is 0 Å². The van der Waals surface area contributed by atoms with Gasteiger partial charge in [-0.25, -0.2) is 4.98 Å². The normalized spacial score (nSPS) is 13.7. The molecule has 0 atom stereocenters. The van der Waals surface area contributed by atoms with Crippen molar-refractivity contribution >= 4 is 11.3 Å². The molecule has 4 rings (SSSR count). The monoisotopic (exact) mass is 293 g/mol. The summed E-state index contributed by atoms with van der Waals surface area (Å²) in [7, 11) is 0. The standard InChI is InChI=1S/C15H11N5S/c1-2-10(8-12(3-1)15-17-19-20-18-15)4-7-14-16-13(9-21-14)11-5-6-11/h1-3,8-9,11H,5-6H2,(H,17,18,19,20). The molecule has 0 aliphatic heterocycles. The van der Waals surface area contributed by atoms with Crippen molar-refractivity contribution < 1.29 is 0 Å². The number of nitrogens with zero attached hydrogens (tertiary/aromatic N) is 4. The number of thiazole rings is 1. The molecular weight excluding hydrogens is 282 g/mol. The van der Waals surface area contributed by atoms with Crippen molar-refractivity contribution in [2.24, 2.45) is 0 Å². The number of hydrogen-bond acceptors (Lipinski definition) is 5. The molecule has 1 aromatic carbocycles. The minimum atomic E-state index is 0.573. The first-order valence-electron chi connectivity index (χ1n) is 6.70. The molecule has 0 bridgehead atoms. The molecule has 0 amide bonds. The summed E-state index contributed by atoms with van der Waals surface area (Å²) >= 11 is 1.61. The molecule has 1 saturated carbocycles. The minimum absolute atomic E-state index is 0.573. The summed E-state index contributed by atoms with van der Waals surface area (Å²) in [4.78, 5) is 4.56. The van der Waals surface area contributed by atoms with Crippen molar-refractivity contribution in [2.45, 2.75) is 18.8 Å². The smallest absolute Gasteiger partial charge is 0.204 e. The molecule has 1 fully saturated rings. The fraction of sp³-hybridized carbons (Fsp3) is 0.200. The van der Waals surface area contributed by atoms with E-state index in [2.05, 4.69) is 42.8 Å². The first-order chi connectivity index (χ1) is 10.4. The van der Waals surface area contributed by atoms with Crippen LogP contribution < -0.4 is 0 Å². The van der Waals surface area contributed by atoms with Crippen LogP contribution in [0.5, 0.6) is 0 Å². The van der Waals surface area contributed by atoms with E-state index in [-0.39, 0.29) is 0 Å². The Balaban J connectivity index is 1.59. The van der Waals surface area contributed by atoms with Gasteiger partial charge in [-0.1, -0.05) is 18.1 Å². The van der Waals surface area contributed by atoms with Crippen molar-refractivity contribution in [1.29, 1.82) is 0 Å². The van der Waals surface area contributed by atoms with Gasteiger partial charge in [0.25, 0.3) is 0 Å². The average molecular weight is 293 g/mol. The Bertz CT molecular complexity index is 821. The Labute approximate surface area is 125 Å². The number of benzene rings is 1. The Kier molecular flexibility index (Phi) is 2.98. The number of nitrogens with one attached hydrogen (secondary N) is 1. The van der Waals surface area contributed by atoms with Gasteiger partial charge in [0.2, 0.25) is 5.82 Å². The maximum absolute atomic E-state index is 4.56. The summed E-state index contributed by atoms with van der Waals surface area (Å²) in [6.45, 7) is 0. The van der Waals surface area contributed by atoms with Crippen LogP contribution in [0, 0.1) is 11.8 Å². The molecule has 0 spiro atoms. The Hall–Kier alpha value is -2.52. The highest BCUT2D eigenvalue weighted by atomic mass is 32.1. The van der Waals surface area contributed by atoms with E-state index in [4.69, 9.17) is 0 Å². The molecule has 102 valence electrons. The van der Waals surface area contributed by atoms with Gasteiger partial charge in [-0.2, -0.15) is 5.21 Å². The van der Waals surface area contributed by atoms with E-state index >= 15 is 0 Å². The molecule has 2 aromatic heterocycles. The predicted molar refractivity (Wildman–Crippen MR) is 79.7 cm³/mol. The SMILES string of the molecule is C(#Cc1nc(C2CC2)cs1)c1cccc(-c2nn[nH]n2)c1. The largest absolute Gasteiger partial charge is 0.232 e. The van der Waals surface area contributed by atoms with Crippen LogP contribution >= 0.6 is 11.3 Å². The third-order valence-corrected chi connectivity index (χ3v) is 4.07. The summed E-state index contributed by atoms with van der Waals surface area (Å²) in [6.07, 6.45) is 2.53. The second-order valence-corrected chi connectivity index (χ2v) is 5.78. The highest BCUT2D eigenvalue weighted by molar-refractivity contribution is 7.10. The molecule has 1 N–H and O–H groups in total. The van der Waals surface area contributed by atoms with E-state index in [0.29, 0.717) is 11.7 Å². The predicted octanol–water partition coefficient (Wildman–Crippen LogP) is 2.60. The van der Waals surface area contributed by atoms with Crippen LogP contribution in [0.15, 0.2) is 29.6 Å². The van der Waals surface area contributed by atoms with Gasteiger partial charge in [0, 0.05) is 22.4 Å². The van der Waals surface area contributed by atoms with Crippen molar-refractivity contribution in [3.63, 3.8) is 0 Å². The van der Waals surface area contributed by atoms with Crippen LogP contribution in [-0.2, 0) is 0 Å².